The molecule has 5 rings (SSSR count). The van der Waals surface area contributed by atoms with E-state index in [4.69, 9.17) is 0 Å². The van der Waals surface area contributed by atoms with Gasteiger partial charge < -0.3 is 10.1 Å². The van der Waals surface area contributed by atoms with E-state index in [0.717, 1.165) is 36.6 Å². The summed E-state index contributed by atoms with van der Waals surface area (Å²) in [6.45, 7) is 3.66. The van der Waals surface area contributed by atoms with Crippen molar-refractivity contribution in [3.05, 3.63) is 46.3 Å². The first-order chi connectivity index (χ1) is 17.1. The molecule has 3 aliphatic rings. The Hall–Kier alpha value is -2.58. The summed E-state index contributed by atoms with van der Waals surface area (Å²) in [4.78, 5) is 58.5. The molecule has 2 N–H and O–H groups in total. The summed E-state index contributed by atoms with van der Waals surface area (Å²) in [7, 11) is 0. The average Bonchev–Trinajstić information content (AvgIpc) is 2.86. The van der Waals surface area contributed by atoms with E-state index >= 15 is 0 Å². The second kappa shape index (κ2) is 9.38. The highest BCUT2D eigenvalue weighted by Crippen LogP contribution is 2.56. The molecule has 5 atom stereocenters. The van der Waals surface area contributed by atoms with Crippen LogP contribution in [-0.4, -0.2) is 43.8 Å². The monoisotopic (exact) mass is 508 g/mol. The van der Waals surface area contributed by atoms with Crippen molar-refractivity contribution in [3.8, 4) is 0 Å². The Kier molecular flexibility index (Phi) is 6.53. The Morgan fingerprint density at radius 3 is 2.78 bits per heavy atom. The number of thioether (sulfide) groups is 1. The van der Waals surface area contributed by atoms with Gasteiger partial charge in [-0.25, -0.2) is 4.98 Å². The zero-order valence-corrected chi connectivity index (χ0v) is 21.5. The number of nitrogens with one attached hydrogen (secondary N) is 1. The highest BCUT2D eigenvalue weighted by Gasteiger charge is 2.58. The molecule has 0 bridgehead atoms. The summed E-state index contributed by atoms with van der Waals surface area (Å²) in [6.07, 6.45) is 5.52. The molecule has 1 heterocycles. The molecule has 0 aliphatic heterocycles. The van der Waals surface area contributed by atoms with Gasteiger partial charge in [0.2, 0.25) is 0 Å². The molecule has 3 aliphatic carbocycles. The zero-order valence-electron chi connectivity index (χ0n) is 20.7. The number of hydrogen-bond acceptors (Lipinski definition) is 7. The number of nitrogens with zero attached hydrogens (tertiary/aromatic N) is 1. The number of aliphatic hydroxyl groups is 1. The van der Waals surface area contributed by atoms with Crippen LogP contribution in [0.15, 0.2) is 45.9 Å². The third-order valence-electron chi connectivity index (χ3n) is 8.82. The van der Waals surface area contributed by atoms with Crippen molar-refractivity contribution in [3.63, 3.8) is 0 Å². The number of allylic oxidation sites excluding steroid dienone is 2. The van der Waals surface area contributed by atoms with Crippen molar-refractivity contribution in [2.45, 2.75) is 69.6 Å². The lowest BCUT2D eigenvalue weighted by Gasteiger charge is -2.53. The SMILES string of the molecule is CC[C@](O)(C(=O)CSc1nc2ccccc2c(=O)[nH]1)C1(C)CC(=O)C2C(CCC3=CC(=O)CCC32)C1. The van der Waals surface area contributed by atoms with Gasteiger partial charge in [-0.3, -0.25) is 19.2 Å². The van der Waals surface area contributed by atoms with Crippen molar-refractivity contribution < 1.29 is 19.5 Å². The lowest BCUT2D eigenvalue weighted by Crippen LogP contribution is -2.59. The minimum absolute atomic E-state index is 0.0544. The van der Waals surface area contributed by atoms with Crippen LogP contribution in [0.5, 0.6) is 0 Å². The molecule has 4 unspecified atom stereocenters. The minimum Gasteiger partial charge on any atom is -0.381 e. The molecule has 36 heavy (non-hydrogen) atoms. The molecule has 0 radical (unpaired) electrons. The predicted molar refractivity (Wildman–Crippen MR) is 138 cm³/mol. The molecule has 1 aromatic heterocycles. The van der Waals surface area contributed by atoms with Gasteiger partial charge in [-0.2, -0.15) is 0 Å². The average molecular weight is 509 g/mol. The van der Waals surface area contributed by atoms with Crippen molar-refractivity contribution in [2.24, 2.45) is 23.2 Å². The normalized spacial score (nSPS) is 29.8. The van der Waals surface area contributed by atoms with Gasteiger partial charge in [-0.05, 0) is 62.1 Å². The number of H-pyrrole nitrogens is 1. The second-order valence-corrected chi connectivity index (χ2v) is 11.8. The maximum atomic E-state index is 13.5. The first-order valence-electron chi connectivity index (χ1n) is 12.8. The lowest BCUT2D eigenvalue weighted by molar-refractivity contribution is -0.165. The number of aromatic amines is 1. The number of aromatic nitrogens is 2. The van der Waals surface area contributed by atoms with Crippen LogP contribution in [0.25, 0.3) is 10.9 Å². The molecular weight excluding hydrogens is 476 g/mol. The molecule has 0 amide bonds. The van der Waals surface area contributed by atoms with E-state index in [1.54, 1.807) is 37.3 Å². The van der Waals surface area contributed by atoms with Crippen LogP contribution in [0.4, 0.5) is 0 Å². The Bertz CT molecular complexity index is 1330. The summed E-state index contributed by atoms with van der Waals surface area (Å²) in [5, 5.41) is 12.6. The van der Waals surface area contributed by atoms with Crippen LogP contribution >= 0.6 is 11.8 Å². The molecule has 8 heteroatoms. The van der Waals surface area contributed by atoms with Crippen molar-refractivity contribution >= 4 is 40.0 Å². The molecule has 2 aromatic rings. The third-order valence-corrected chi connectivity index (χ3v) is 9.69. The van der Waals surface area contributed by atoms with Gasteiger partial charge in [0.15, 0.2) is 16.7 Å². The van der Waals surface area contributed by atoms with Crippen LogP contribution in [0.1, 0.15) is 58.8 Å². The fourth-order valence-electron chi connectivity index (χ4n) is 6.93. The van der Waals surface area contributed by atoms with E-state index in [-0.39, 0.29) is 59.3 Å². The van der Waals surface area contributed by atoms with E-state index in [9.17, 15) is 24.3 Å². The Morgan fingerprint density at radius 1 is 1.22 bits per heavy atom. The number of carbonyl (C=O) groups excluding carboxylic acids is 3. The van der Waals surface area contributed by atoms with Gasteiger partial charge in [0.05, 0.1) is 16.7 Å². The quantitative estimate of drug-likeness (QED) is 0.447. The topological polar surface area (TPSA) is 117 Å². The molecule has 2 saturated carbocycles. The number of hydrogen-bond donors (Lipinski definition) is 2. The van der Waals surface area contributed by atoms with E-state index < -0.39 is 11.0 Å². The molecule has 0 spiro atoms. The first-order valence-corrected chi connectivity index (χ1v) is 13.8. The maximum Gasteiger partial charge on any atom is 0.259 e. The fourth-order valence-corrected chi connectivity index (χ4v) is 7.76. The molecule has 190 valence electrons. The van der Waals surface area contributed by atoms with Gasteiger partial charge in [0.1, 0.15) is 11.4 Å². The van der Waals surface area contributed by atoms with Crippen LogP contribution in [0, 0.1) is 23.2 Å². The minimum atomic E-state index is -1.66. The van der Waals surface area contributed by atoms with Gasteiger partial charge in [0, 0.05) is 24.2 Å². The molecule has 1 aromatic carbocycles. The lowest BCUT2D eigenvalue weighted by atomic mass is 9.51. The Balaban J connectivity index is 1.34. The van der Waals surface area contributed by atoms with Gasteiger partial charge in [0.25, 0.3) is 5.56 Å². The van der Waals surface area contributed by atoms with Crippen molar-refractivity contribution in [1.82, 2.24) is 9.97 Å². The molecule has 7 nitrogen and oxygen atoms in total. The maximum absolute atomic E-state index is 13.5. The van der Waals surface area contributed by atoms with Crippen LogP contribution < -0.4 is 5.56 Å². The van der Waals surface area contributed by atoms with Crippen LogP contribution in [0.3, 0.4) is 0 Å². The number of Topliss-reactive ketones (excluding diaryl/α,β-unsaturated/α-hetero) is 2. The van der Waals surface area contributed by atoms with Crippen LogP contribution in [-0.2, 0) is 14.4 Å². The van der Waals surface area contributed by atoms with Crippen molar-refractivity contribution in [2.75, 3.05) is 5.75 Å². The largest absolute Gasteiger partial charge is 0.381 e. The Labute approximate surface area is 214 Å². The highest BCUT2D eigenvalue weighted by molar-refractivity contribution is 7.99. The van der Waals surface area contributed by atoms with Gasteiger partial charge in [-0.15, -0.1) is 0 Å². The second-order valence-electron chi connectivity index (χ2n) is 10.9. The van der Waals surface area contributed by atoms with Gasteiger partial charge >= 0.3 is 0 Å². The summed E-state index contributed by atoms with van der Waals surface area (Å²) in [5.41, 5.74) is -1.14. The van der Waals surface area contributed by atoms with E-state index in [1.165, 1.54) is 0 Å². The van der Waals surface area contributed by atoms with E-state index in [0.29, 0.717) is 28.9 Å². The summed E-state index contributed by atoms with van der Waals surface area (Å²) >= 11 is 1.10. The number of para-hydroxylation sites is 1. The summed E-state index contributed by atoms with van der Waals surface area (Å²) in [6, 6.07) is 7.01. The number of ketones is 3. The van der Waals surface area contributed by atoms with Crippen molar-refractivity contribution in [1.29, 1.82) is 0 Å². The highest BCUT2D eigenvalue weighted by atomic mass is 32.2. The van der Waals surface area contributed by atoms with Gasteiger partial charge in [-0.1, -0.05) is 43.3 Å². The fraction of sp³-hybridized carbons (Fsp3) is 0.536. The first kappa shape index (κ1) is 25.1. The number of rotatable bonds is 6. The van der Waals surface area contributed by atoms with E-state index in [1.807, 2.05) is 6.92 Å². The molecular formula is C28H32N2O5S. The predicted octanol–water partition coefficient (Wildman–Crippen LogP) is 4.03. The number of fused-ring (bicyclic) bond motifs is 4. The number of carbonyl (C=O) groups is 3. The number of benzene rings is 1. The zero-order chi connectivity index (χ0) is 25.7. The summed E-state index contributed by atoms with van der Waals surface area (Å²) in [5.74, 6) is -0.0481. The third kappa shape index (κ3) is 4.18. The standard InChI is InChI=1S/C28H32N2O5S/c1-3-28(35,23(33)15-36-26-29-21-7-5-4-6-20(21)25(34)30-26)27(2)13-17-9-8-16-12-18(31)10-11-19(16)24(17)22(32)14-27/h4-7,12,17,19,24,35H,3,8-11,13-15H2,1-2H3,(H,29,30,34)/t17?,19?,24?,27?,28-/m0/s1. The smallest absolute Gasteiger partial charge is 0.259 e. The molecule has 2 fully saturated rings. The Morgan fingerprint density at radius 2 is 2.00 bits per heavy atom. The molecule has 0 saturated heterocycles. The summed E-state index contributed by atoms with van der Waals surface area (Å²) < 4.78 is 0. The van der Waals surface area contributed by atoms with E-state index in [2.05, 4.69) is 9.97 Å². The van der Waals surface area contributed by atoms with Crippen LogP contribution in [0.2, 0.25) is 0 Å².